The molecule has 4 nitrogen and oxygen atoms in total. The van der Waals surface area contributed by atoms with Crippen molar-refractivity contribution in [2.75, 3.05) is 7.05 Å². The number of nitrogens with zero attached hydrogens (tertiary/aromatic N) is 1. The monoisotopic (exact) mass is 277 g/mol. The van der Waals surface area contributed by atoms with Crippen LogP contribution in [0.25, 0.3) is 0 Å². The molecule has 0 aromatic heterocycles. The topological polar surface area (TPSA) is 57.6 Å². The molecule has 1 N–H and O–H groups in total. The Bertz CT molecular complexity index is 570. The summed E-state index contributed by atoms with van der Waals surface area (Å²) >= 11 is 0. The van der Waals surface area contributed by atoms with Crippen molar-refractivity contribution in [3.05, 3.63) is 29.3 Å². The number of hydrogen-bond donors (Lipinski definition) is 1. The van der Waals surface area contributed by atoms with Crippen molar-refractivity contribution in [3.63, 3.8) is 0 Å². The zero-order valence-electron chi connectivity index (χ0n) is 9.73. The summed E-state index contributed by atoms with van der Waals surface area (Å²) in [6.07, 6.45) is 1.48. The van der Waals surface area contributed by atoms with Crippen LogP contribution in [0, 0.1) is 11.6 Å². The van der Waals surface area contributed by atoms with Crippen molar-refractivity contribution in [3.8, 4) is 0 Å². The van der Waals surface area contributed by atoms with Crippen LogP contribution in [0.4, 0.5) is 8.78 Å². The largest absolute Gasteiger partial charge is 0.391 e. The van der Waals surface area contributed by atoms with Crippen molar-refractivity contribution in [1.29, 1.82) is 0 Å². The first-order chi connectivity index (χ1) is 8.39. The number of rotatable bonds is 4. The van der Waals surface area contributed by atoms with Gasteiger partial charge in [0, 0.05) is 13.1 Å². The molecule has 100 valence electrons. The van der Waals surface area contributed by atoms with E-state index in [0.717, 1.165) is 29.3 Å². The van der Waals surface area contributed by atoms with E-state index in [-0.39, 0.29) is 6.04 Å². The van der Waals surface area contributed by atoms with Crippen molar-refractivity contribution in [2.45, 2.75) is 30.4 Å². The van der Waals surface area contributed by atoms with E-state index >= 15 is 0 Å². The molecule has 0 bridgehead atoms. The van der Waals surface area contributed by atoms with Gasteiger partial charge in [-0.2, -0.15) is 4.31 Å². The van der Waals surface area contributed by atoms with Crippen LogP contribution < -0.4 is 0 Å². The maximum atomic E-state index is 13.9. The van der Waals surface area contributed by atoms with Gasteiger partial charge in [-0.1, -0.05) is 0 Å². The van der Waals surface area contributed by atoms with Crippen molar-refractivity contribution < 1.29 is 22.3 Å². The first-order valence-corrected chi connectivity index (χ1v) is 6.89. The van der Waals surface area contributed by atoms with Crippen LogP contribution >= 0.6 is 0 Å². The quantitative estimate of drug-likeness (QED) is 0.901. The normalized spacial score (nSPS) is 16.3. The molecule has 18 heavy (non-hydrogen) atoms. The second-order valence-electron chi connectivity index (χ2n) is 4.25. The van der Waals surface area contributed by atoms with E-state index in [1.807, 2.05) is 0 Å². The van der Waals surface area contributed by atoms with Crippen LogP contribution in [0.3, 0.4) is 0 Å². The van der Waals surface area contributed by atoms with Crippen molar-refractivity contribution in [2.24, 2.45) is 0 Å². The smallest absolute Gasteiger partial charge is 0.245 e. The molecular formula is C11H13F2NO3S. The SMILES string of the molecule is CN(C1CC1)S(=O)(=O)c1ccc(F)c(CO)c1F. The second-order valence-corrected chi connectivity index (χ2v) is 6.21. The van der Waals surface area contributed by atoms with Gasteiger partial charge in [-0.05, 0) is 25.0 Å². The molecule has 0 amide bonds. The Morgan fingerprint density at radius 1 is 1.39 bits per heavy atom. The van der Waals surface area contributed by atoms with Crippen LogP contribution in [0.2, 0.25) is 0 Å². The highest BCUT2D eigenvalue weighted by Gasteiger charge is 2.37. The highest BCUT2D eigenvalue weighted by Crippen LogP contribution is 2.32. The molecule has 1 aliphatic carbocycles. The minimum atomic E-state index is -3.98. The lowest BCUT2D eigenvalue weighted by atomic mass is 10.2. The number of aliphatic hydroxyl groups excluding tert-OH is 1. The fourth-order valence-corrected chi connectivity index (χ4v) is 3.21. The third-order valence-corrected chi connectivity index (χ3v) is 4.95. The molecule has 0 aliphatic heterocycles. The number of halogens is 2. The molecule has 0 unspecified atom stereocenters. The Balaban J connectivity index is 2.51. The highest BCUT2D eigenvalue weighted by atomic mass is 32.2. The summed E-state index contributed by atoms with van der Waals surface area (Å²) < 4.78 is 52.3. The minimum absolute atomic E-state index is 0.114. The van der Waals surface area contributed by atoms with E-state index in [9.17, 15) is 17.2 Å². The van der Waals surface area contributed by atoms with Gasteiger partial charge in [-0.25, -0.2) is 17.2 Å². The van der Waals surface area contributed by atoms with Gasteiger partial charge in [-0.15, -0.1) is 0 Å². The number of benzene rings is 1. The van der Waals surface area contributed by atoms with Gasteiger partial charge in [0.1, 0.15) is 10.7 Å². The molecule has 1 fully saturated rings. The van der Waals surface area contributed by atoms with Crippen molar-refractivity contribution >= 4 is 10.0 Å². The molecular weight excluding hydrogens is 264 g/mol. The zero-order valence-corrected chi connectivity index (χ0v) is 10.5. The first-order valence-electron chi connectivity index (χ1n) is 5.45. The summed E-state index contributed by atoms with van der Waals surface area (Å²) in [5, 5.41) is 8.86. The molecule has 0 saturated heterocycles. The molecule has 0 atom stereocenters. The summed E-state index contributed by atoms with van der Waals surface area (Å²) in [4.78, 5) is -0.595. The fraction of sp³-hybridized carbons (Fsp3) is 0.455. The lowest BCUT2D eigenvalue weighted by Gasteiger charge is -2.17. The maximum Gasteiger partial charge on any atom is 0.245 e. The number of hydrogen-bond acceptors (Lipinski definition) is 3. The van der Waals surface area contributed by atoms with E-state index in [2.05, 4.69) is 0 Å². The molecule has 2 rings (SSSR count). The molecule has 1 aliphatic rings. The van der Waals surface area contributed by atoms with Gasteiger partial charge in [0.2, 0.25) is 10.0 Å². The molecule has 1 aromatic carbocycles. The van der Waals surface area contributed by atoms with Crippen LogP contribution in [-0.2, 0) is 16.6 Å². The number of aliphatic hydroxyl groups is 1. The summed E-state index contributed by atoms with van der Waals surface area (Å²) in [6, 6.07) is 1.62. The third-order valence-electron chi connectivity index (χ3n) is 3.03. The summed E-state index contributed by atoms with van der Waals surface area (Å²) in [5.41, 5.74) is -0.625. The third kappa shape index (κ3) is 2.13. The van der Waals surface area contributed by atoms with Gasteiger partial charge in [0.15, 0.2) is 5.82 Å². The lowest BCUT2D eigenvalue weighted by molar-refractivity contribution is 0.267. The Labute approximate surface area is 104 Å². The van der Waals surface area contributed by atoms with E-state index in [0.29, 0.717) is 0 Å². The molecule has 7 heteroatoms. The molecule has 0 radical (unpaired) electrons. The van der Waals surface area contributed by atoms with Gasteiger partial charge in [-0.3, -0.25) is 0 Å². The second kappa shape index (κ2) is 4.56. The molecule has 0 heterocycles. The van der Waals surface area contributed by atoms with Gasteiger partial charge in [0.05, 0.1) is 12.2 Å². The van der Waals surface area contributed by atoms with Crippen LogP contribution in [0.1, 0.15) is 18.4 Å². The van der Waals surface area contributed by atoms with Gasteiger partial charge >= 0.3 is 0 Å². The zero-order chi connectivity index (χ0) is 13.5. The standard InChI is InChI=1S/C11H13F2NO3S/c1-14(7-2-3-7)18(16,17)10-5-4-9(12)8(6-15)11(10)13/h4-5,7,15H,2-3,6H2,1H3. The average Bonchev–Trinajstić information content (AvgIpc) is 3.12. The molecule has 0 spiro atoms. The van der Waals surface area contributed by atoms with Gasteiger partial charge < -0.3 is 5.11 Å². The van der Waals surface area contributed by atoms with E-state index in [1.165, 1.54) is 7.05 Å². The summed E-state index contributed by atoms with van der Waals surface area (Å²) in [6.45, 7) is -0.881. The Hall–Kier alpha value is -1.05. The Morgan fingerprint density at radius 2 is 2.00 bits per heavy atom. The first kappa shape index (κ1) is 13.4. The predicted molar refractivity (Wildman–Crippen MR) is 60.3 cm³/mol. The molecule has 1 saturated carbocycles. The summed E-state index contributed by atoms with van der Waals surface area (Å²) in [5.74, 6) is -2.17. The number of sulfonamides is 1. The van der Waals surface area contributed by atoms with E-state index < -0.39 is 38.7 Å². The lowest BCUT2D eigenvalue weighted by Crippen LogP contribution is -2.30. The predicted octanol–water partition coefficient (Wildman–Crippen LogP) is 1.24. The van der Waals surface area contributed by atoms with E-state index in [1.54, 1.807) is 0 Å². The Morgan fingerprint density at radius 3 is 2.50 bits per heavy atom. The van der Waals surface area contributed by atoms with Crippen LogP contribution in [-0.4, -0.2) is 30.9 Å². The van der Waals surface area contributed by atoms with Crippen LogP contribution in [0.5, 0.6) is 0 Å². The summed E-state index contributed by atoms with van der Waals surface area (Å²) in [7, 11) is -2.61. The Kier molecular flexibility index (Phi) is 3.39. The van der Waals surface area contributed by atoms with Crippen molar-refractivity contribution in [1.82, 2.24) is 4.31 Å². The maximum absolute atomic E-state index is 13.9. The fourth-order valence-electron chi connectivity index (χ4n) is 1.71. The average molecular weight is 277 g/mol. The van der Waals surface area contributed by atoms with Gasteiger partial charge in [0.25, 0.3) is 0 Å². The highest BCUT2D eigenvalue weighted by molar-refractivity contribution is 7.89. The molecule has 1 aromatic rings. The van der Waals surface area contributed by atoms with E-state index in [4.69, 9.17) is 5.11 Å². The van der Waals surface area contributed by atoms with Crippen LogP contribution in [0.15, 0.2) is 17.0 Å². The minimum Gasteiger partial charge on any atom is -0.391 e.